The van der Waals surface area contributed by atoms with E-state index in [2.05, 4.69) is 0 Å². The Balaban J connectivity index is 1.82. The number of halogens is 1. The molecule has 3 nitrogen and oxygen atoms in total. The average Bonchev–Trinajstić information content (AvgIpc) is 2.48. The lowest BCUT2D eigenvalue weighted by atomic mass is 10.1. The summed E-state index contributed by atoms with van der Waals surface area (Å²) in [4.78, 5) is 12.9. The smallest absolute Gasteiger partial charge is 0.341 e. The molecule has 0 saturated heterocycles. The molecule has 0 fully saturated rings. The van der Waals surface area contributed by atoms with Crippen LogP contribution in [0.5, 0.6) is 5.75 Å². The molecule has 0 amide bonds. The fourth-order valence-corrected chi connectivity index (χ4v) is 2.58. The minimum absolute atomic E-state index is 0.0205. The van der Waals surface area contributed by atoms with Gasteiger partial charge in [-0.1, -0.05) is 23.7 Å². The first-order valence-electron chi connectivity index (χ1n) is 6.42. The van der Waals surface area contributed by atoms with Gasteiger partial charge in [0, 0.05) is 15.7 Å². The van der Waals surface area contributed by atoms with Gasteiger partial charge in [0.25, 0.3) is 0 Å². The van der Waals surface area contributed by atoms with Crippen molar-refractivity contribution in [3.05, 3.63) is 58.6 Å². The molecule has 110 valence electrons. The van der Waals surface area contributed by atoms with E-state index in [0.29, 0.717) is 16.3 Å². The summed E-state index contributed by atoms with van der Waals surface area (Å²) in [5.74, 6) is 0.112. The second-order valence-electron chi connectivity index (χ2n) is 4.41. The Bertz CT molecular complexity index is 626. The number of hydrogen-bond donors (Lipinski definition) is 1. The van der Waals surface area contributed by atoms with Crippen LogP contribution < -0.4 is 0 Å². The number of aromatic hydroxyl groups is 1. The van der Waals surface area contributed by atoms with Crippen molar-refractivity contribution in [1.82, 2.24) is 0 Å². The number of esters is 1. The molecule has 0 atom stereocenters. The van der Waals surface area contributed by atoms with Crippen LogP contribution >= 0.6 is 23.4 Å². The number of carbonyl (C=O) groups is 1. The third-order valence-electron chi connectivity index (χ3n) is 2.86. The molecule has 0 aliphatic heterocycles. The highest BCUT2D eigenvalue weighted by atomic mass is 35.5. The zero-order chi connectivity index (χ0) is 15.2. The summed E-state index contributed by atoms with van der Waals surface area (Å²) in [6, 6.07) is 12.5. The van der Waals surface area contributed by atoms with Crippen molar-refractivity contribution in [3.8, 4) is 5.75 Å². The Hall–Kier alpha value is -1.65. The van der Waals surface area contributed by atoms with Crippen LogP contribution in [0.3, 0.4) is 0 Å². The number of rotatable bonds is 5. The minimum Gasteiger partial charge on any atom is -0.507 e. The SMILES string of the molecule is Cc1cccc(C(=O)OCCSc2ccc(Cl)cc2)c1O. The van der Waals surface area contributed by atoms with Crippen LogP contribution in [-0.4, -0.2) is 23.4 Å². The van der Waals surface area contributed by atoms with Crippen molar-refractivity contribution < 1.29 is 14.6 Å². The van der Waals surface area contributed by atoms with Crippen molar-refractivity contribution in [2.24, 2.45) is 0 Å². The molecule has 21 heavy (non-hydrogen) atoms. The van der Waals surface area contributed by atoms with Gasteiger partial charge in [-0.05, 0) is 42.8 Å². The molecule has 2 rings (SSSR count). The lowest BCUT2D eigenvalue weighted by Crippen LogP contribution is -2.08. The molecule has 0 bridgehead atoms. The number of benzene rings is 2. The topological polar surface area (TPSA) is 46.5 Å². The number of ether oxygens (including phenoxy) is 1. The Morgan fingerprint density at radius 3 is 2.67 bits per heavy atom. The highest BCUT2D eigenvalue weighted by Crippen LogP contribution is 2.23. The maximum absolute atomic E-state index is 11.9. The number of phenolic OH excluding ortho intramolecular Hbond substituents is 1. The molecular weight excluding hydrogens is 308 g/mol. The molecule has 0 aliphatic rings. The van der Waals surface area contributed by atoms with Gasteiger partial charge in [0.15, 0.2) is 0 Å². The van der Waals surface area contributed by atoms with E-state index < -0.39 is 5.97 Å². The van der Waals surface area contributed by atoms with Gasteiger partial charge in [-0.3, -0.25) is 0 Å². The summed E-state index contributed by atoms with van der Waals surface area (Å²) < 4.78 is 5.16. The van der Waals surface area contributed by atoms with Crippen LogP contribution in [0.25, 0.3) is 0 Å². The third-order valence-corrected chi connectivity index (χ3v) is 4.08. The summed E-state index contributed by atoms with van der Waals surface area (Å²) in [6.45, 7) is 2.02. The number of para-hydroxylation sites is 1. The average molecular weight is 323 g/mol. The van der Waals surface area contributed by atoms with E-state index >= 15 is 0 Å². The molecule has 2 aromatic rings. The number of aryl methyl sites for hydroxylation is 1. The number of thioether (sulfide) groups is 1. The monoisotopic (exact) mass is 322 g/mol. The normalized spacial score (nSPS) is 10.4. The second kappa shape index (κ2) is 7.38. The van der Waals surface area contributed by atoms with E-state index in [9.17, 15) is 9.90 Å². The van der Waals surface area contributed by atoms with Crippen LogP contribution in [0, 0.1) is 6.92 Å². The lowest BCUT2D eigenvalue weighted by molar-refractivity contribution is 0.0527. The summed E-state index contributed by atoms with van der Waals surface area (Å²) >= 11 is 7.38. The Labute approximate surface area is 132 Å². The van der Waals surface area contributed by atoms with Crippen molar-refractivity contribution in [1.29, 1.82) is 0 Å². The zero-order valence-electron chi connectivity index (χ0n) is 11.5. The highest BCUT2D eigenvalue weighted by Gasteiger charge is 2.13. The van der Waals surface area contributed by atoms with Gasteiger partial charge in [-0.25, -0.2) is 4.79 Å². The van der Waals surface area contributed by atoms with Crippen LogP contribution in [-0.2, 0) is 4.74 Å². The molecule has 0 radical (unpaired) electrons. The predicted octanol–water partition coefficient (Wildman–Crippen LogP) is 4.30. The fraction of sp³-hybridized carbons (Fsp3) is 0.188. The molecule has 5 heteroatoms. The fourth-order valence-electron chi connectivity index (χ4n) is 1.73. The molecule has 0 spiro atoms. The van der Waals surface area contributed by atoms with Crippen LogP contribution in [0.1, 0.15) is 15.9 Å². The van der Waals surface area contributed by atoms with E-state index in [4.69, 9.17) is 16.3 Å². The molecule has 2 aromatic carbocycles. The molecule has 1 N–H and O–H groups in total. The van der Waals surface area contributed by atoms with E-state index in [1.165, 1.54) is 0 Å². The number of carbonyl (C=O) groups excluding carboxylic acids is 1. The summed E-state index contributed by atoms with van der Waals surface area (Å²) in [7, 11) is 0. The zero-order valence-corrected chi connectivity index (χ0v) is 13.1. The first-order valence-corrected chi connectivity index (χ1v) is 7.78. The molecule has 0 heterocycles. The number of hydrogen-bond acceptors (Lipinski definition) is 4. The lowest BCUT2D eigenvalue weighted by Gasteiger charge is -2.07. The van der Waals surface area contributed by atoms with Gasteiger partial charge in [0.05, 0.1) is 0 Å². The quantitative estimate of drug-likeness (QED) is 0.506. The summed E-state index contributed by atoms with van der Waals surface area (Å²) in [5, 5.41) is 10.5. The van der Waals surface area contributed by atoms with Crippen LogP contribution in [0.15, 0.2) is 47.4 Å². The molecular formula is C16H15ClO3S. The van der Waals surface area contributed by atoms with Crippen molar-refractivity contribution in [2.45, 2.75) is 11.8 Å². The first kappa shape index (κ1) is 15.7. The van der Waals surface area contributed by atoms with Gasteiger partial charge in [-0.15, -0.1) is 11.8 Å². The maximum Gasteiger partial charge on any atom is 0.341 e. The van der Waals surface area contributed by atoms with Crippen LogP contribution in [0.2, 0.25) is 5.02 Å². The Morgan fingerprint density at radius 1 is 1.24 bits per heavy atom. The third kappa shape index (κ3) is 4.41. The summed E-state index contributed by atoms with van der Waals surface area (Å²) in [5.41, 5.74) is 0.853. The molecule has 0 unspecified atom stereocenters. The highest BCUT2D eigenvalue weighted by molar-refractivity contribution is 7.99. The summed E-state index contributed by atoms with van der Waals surface area (Å²) in [6.07, 6.45) is 0. The Kier molecular flexibility index (Phi) is 5.53. The maximum atomic E-state index is 11.9. The van der Waals surface area contributed by atoms with Crippen molar-refractivity contribution in [3.63, 3.8) is 0 Å². The second-order valence-corrected chi connectivity index (χ2v) is 6.01. The van der Waals surface area contributed by atoms with E-state index in [1.54, 1.807) is 36.9 Å². The minimum atomic E-state index is -0.507. The largest absolute Gasteiger partial charge is 0.507 e. The predicted molar refractivity (Wildman–Crippen MR) is 85.3 cm³/mol. The van der Waals surface area contributed by atoms with Crippen LogP contribution in [0.4, 0.5) is 0 Å². The van der Waals surface area contributed by atoms with Gasteiger partial charge in [0.1, 0.15) is 17.9 Å². The first-order chi connectivity index (χ1) is 10.1. The molecule has 0 aliphatic carbocycles. The molecule has 0 aromatic heterocycles. The van der Waals surface area contributed by atoms with Gasteiger partial charge in [-0.2, -0.15) is 0 Å². The number of phenols is 1. The van der Waals surface area contributed by atoms with E-state index in [-0.39, 0.29) is 17.9 Å². The van der Waals surface area contributed by atoms with Crippen molar-refractivity contribution in [2.75, 3.05) is 12.4 Å². The van der Waals surface area contributed by atoms with Gasteiger partial charge in [0.2, 0.25) is 0 Å². The van der Waals surface area contributed by atoms with Gasteiger partial charge < -0.3 is 9.84 Å². The molecule has 0 saturated carbocycles. The van der Waals surface area contributed by atoms with Gasteiger partial charge >= 0.3 is 5.97 Å². The standard InChI is InChI=1S/C16H15ClO3S/c1-11-3-2-4-14(15(11)18)16(19)20-9-10-21-13-7-5-12(17)6-8-13/h2-8,18H,9-10H2,1H3. The Morgan fingerprint density at radius 2 is 1.95 bits per heavy atom. The van der Waals surface area contributed by atoms with Crippen molar-refractivity contribution >= 4 is 29.3 Å². The van der Waals surface area contributed by atoms with E-state index in [1.807, 2.05) is 24.3 Å². The van der Waals surface area contributed by atoms with E-state index in [0.717, 1.165) is 4.90 Å².